The molecule has 1 unspecified atom stereocenters. The lowest BCUT2D eigenvalue weighted by molar-refractivity contribution is -0.122. The fourth-order valence-corrected chi connectivity index (χ4v) is 2.80. The van der Waals surface area contributed by atoms with E-state index in [2.05, 4.69) is 18.3 Å². The van der Waals surface area contributed by atoms with Gasteiger partial charge in [0.15, 0.2) is 0 Å². The van der Waals surface area contributed by atoms with Crippen LogP contribution in [0.1, 0.15) is 21.9 Å². The number of thiophene rings is 1. The summed E-state index contributed by atoms with van der Waals surface area (Å²) in [7, 11) is 0. The summed E-state index contributed by atoms with van der Waals surface area (Å²) in [6, 6.07) is 11.7. The van der Waals surface area contributed by atoms with E-state index in [1.165, 1.54) is 10.4 Å². The van der Waals surface area contributed by atoms with Crippen LogP contribution in [0.5, 0.6) is 0 Å². The van der Waals surface area contributed by atoms with E-state index in [4.69, 9.17) is 5.73 Å². The maximum absolute atomic E-state index is 12.2. The normalized spacial score (nSPS) is 11.5. The van der Waals surface area contributed by atoms with Crippen LogP contribution in [-0.4, -0.2) is 12.5 Å². The third-order valence-electron chi connectivity index (χ3n) is 3.15. The second-order valence-corrected chi connectivity index (χ2v) is 5.44. The number of rotatable bonds is 5. The first-order valence-corrected chi connectivity index (χ1v) is 7.16. The highest BCUT2D eigenvalue weighted by molar-refractivity contribution is 7.10. The molecular weight excluding hydrogens is 292 g/mol. The van der Waals surface area contributed by atoms with Gasteiger partial charge in [0, 0.05) is 11.4 Å². The molecule has 0 aliphatic rings. The van der Waals surface area contributed by atoms with Crippen molar-refractivity contribution in [1.29, 1.82) is 0 Å². The van der Waals surface area contributed by atoms with E-state index in [9.17, 15) is 4.79 Å². The molecule has 0 aliphatic heterocycles. The summed E-state index contributed by atoms with van der Waals surface area (Å²) in [5.41, 5.74) is 7.91. The van der Waals surface area contributed by atoms with Gasteiger partial charge in [-0.25, -0.2) is 0 Å². The smallest absolute Gasteiger partial charge is 0.229 e. The van der Waals surface area contributed by atoms with Crippen LogP contribution < -0.4 is 11.1 Å². The van der Waals surface area contributed by atoms with Crippen LogP contribution in [0.3, 0.4) is 0 Å². The highest BCUT2D eigenvalue weighted by atomic mass is 35.5. The van der Waals surface area contributed by atoms with E-state index >= 15 is 0 Å². The number of carbonyl (C=O) groups is 1. The summed E-state index contributed by atoms with van der Waals surface area (Å²) in [4.78, 5) is 13.4. The summed E-state index contributed by atoms with van der Waals surface area (Å²) >= 11 is 1.66. The SMILES string of the molecule is Cc1ccsc1CNC(=O)C(CN)c1ccccc1.Cl. The number of amides is 1. The molecule has 2 rings (SSSR count). The minimum Gasteiger partial charge on any atom is -0.351 e. The van der Waals surface area contributed by atoms with Crippen LogP contribution in [0.15, 0.2) is 41.8 Å². The van der Waals surface area contributed by atoms with Crippen LogP contribution in [0.25, 0.3) is 0 Å². The molecule has 1 atom stereocenters. The number of hydrogen-bond donors (Lipinski definition) is 2. The van der Waals surface area contributed by atoms with Gasteiger partial charge in [0.1, 0.15) is 0 Å². The molecule has 1 aromatic carbocycles. The van der Waals surface area contributed by atoms with Gasteiger partial charge in [-0.3, -0.25) is 4.79 Å². The Morgan fingerprint density at radius 1 is 1.30 bits per heavy atom. The molecule has 0 bridgehead atoms. The number of aryl methyl sites for hydroxylation is 1. The second-order valence-electron chi connectivity index (χ2n) is 4.44. The molecule has 108 valence electrons. The Balaban J connectivity index is 0.00000200. The molecule has 0 saturated carbocycles. The van der Waals surface area contributed by atoms with Crippen molar-refractivity contribution >= 4 is 29.7 Å². The zero-order valence-electron chi connectivity index (χ0n) is 11.3. The maximum atomic E-state index is 12.2. The van der Waals surface area contributed by atoms with Crippen LogP contribution in [0.2, 0.25) is 0 Å². The minimum atomic E-state index is -0.276. The molecule has 0 aliphatic carbocycles. The fourth-order valence-electron chi connectivity index (χ4n) is 1.96. The van der Waals surface area contributed by atoms with E-state index in [1.807, 2.05) is 35.7 Å². The third kappa shape index (κ3) is 4.07. The zero-order valence-corrected chi connectivity index (χ0v) is 13.0. The summed E-state index contributed by atoms with van der Waals surface area (Å²) in [5, 5.41) is 5.00. The quantitative estimate of drug-likeness (QED) is 0.892. The van der Waals surface area contributed by atoms with Crippen LogP contribution in [0.4, 0.5) is 0 Å². The monoisotopic (exact) mass is 310 g/mol. The van der Waals surface area contributed by atoms with E-state index in [-0.39, 0.29) is 24.2 Å². The third-order valence-corrected chi connectivity index (χ3v) is 4.17. The summed E-state index contributed by atoms with van der Waals surface area (Å²) in [6.07, 6.45) is 0. The van der Waals surface area contributed by atoms with Crippen molar-refractivity contribution in [3.05, 3.63) is 57.8 Å². The van der Waals surface area contributed by atoms with Gasteiger partial charge in [-0.05, 0) is 29.5 Å². The van der Waals surface area contributed by atoms with Gasteiger partial charge in [0.05, 0.1) is 12.5 Å². The Hall–Kier alpha value is -1.36. The van der Waals surface area contributed by atoms with E-state index in [0.717, 1.165) is 5.56 Å². The molecule has 0 fully saturated rings. The van der Waals surface area contributed by atoms with Crippen LogP contribution in [0, 0.1) is 6.92 Å². The van der Waals surface area contributed by atoms with Crippen molar-refractivity contribution in [2.24, 2.45) is 5.73 Å². The van der Waals surface area contributed by atoms with Crippen molar-refractivity contribution < 1.29 is 4.79 Å². The lowest BCUT2D eigenvalue weighted by Crippen LogP contribution is -2.33. The Kier molecular flexibility index (Phi) is 6.71. The first-order chi connectivity index (χ1) is 9.22. The first-order valence-electron chi connectivity index (χ1n) is 6.28. The average Bonchev–Trinajstić information content (AvgIpc) is 2.84. The van der Waals surface area contributed by atoms with Gasteiger partial charge in [-0.15, -0.1) is 23.7 Å². The van der Waals surface area contributed by atoms with Gasteiger partial charge < -0.3 is 11.1 Å². The van der Waals surface area contributed by atoms with E-state index in [0.29, 0.717) is 13.1 Å². The molecule has 1 heterocycles. The summed E-state index contributed by atoms with van der Waals surface area (Å²) in [6.45, 7) is 2.94. The lowest BCUT2D eigenvalue weighted by Gasteiger charge is -2.15. The van der Waals surface area contributed by atoms with Crippen molar-refractivity contribution in [1.82, 2.24) is 5.32 Å². The lowest BCUT2D eigenvalue weighted by atomic mass is 9.98. The molecule has 1 amide bonds. The molecule has 20 heavy (non-hydrogen) atoms. The Labute approximate surface area is 129 Å². The van der Waals surface area contributed by atoms with Crippen molar-refractivity contribution in [2.75, 3.05) is 6.54 Å². The highest BCUT2D eigenvalue weighted by Crippen LogP contribution is 2.17. The largest absolute Gasteiger partial charge is 0.351 e. The fraction of sp³-hybridized carbons (Fsp3) is 0.267. The first kappa shape index (κ1) is 16.7. The molecule has 0 spiro atoms. The van der Waals surface area contributed by atoms with Gasteiger partial charge in [-0.2, -0.15) is 0 Å². The van der Waals surface area contributed by atoms with Crippen molar-refractivity contribution in [2.45, 2.75) is 19.4 Å². The highest BCUT2D eigenvalue weighted by Gasteiger charge is 2.18. The number of benzene rings is 1. The molecule has 3 N–H and O–H groups in total. The van der Waals surface area contributed by atoms with Gasteiger partial charge >= 0.3 is 0 Å². The number of nitrogens with two attached hydrogens (primary N) is 1. The second kappa shape index (κ2) is 8.04. The van der Waals surface area contributed by atoms with Crippen molar-refractivity contribution in [3.63, 3.8) is 0 Å². The predicted molar refractivity (Wildman–Crippen MR) is 86.4 cm³/mol. The molecular formula is C15H19ClN2OS. The molecule has 5 heteroatoms. The predicted octanol–water partition coefficient (Wildman–Crippen LogP) is 2.84. The summed E-state index contributed by atoms with van der Waals surface area (Å²) < 4.78 is 0. The molecule has 1 aromatic heterocycles. The number of hydrogen-bond acceptors (Lipinski definition) is 3. The topological polar surface area (TPSA) is 55.1 Å². The van der Waals surface area contributed by atoms with E-state index in [1.54, 1.807) is 11.3 Å². The average molecular weight is 311 g/mol. The van der Waals surface area contributed by atoms with Gasteiger partial charge in [0.25, 0.3) is 0 Å². The zero-order chi connectivity index (χ0) is 13.7. The van der Waals surface area contributed by atoms with Gasteiger partial charge in [0.2, 0.25) is 5.91 Å². The summed E-state index contributed by atoms with van der Waals surface area (Å²) in [5.74, 6) is -0.289. The number of carbonyl (C=O) groups excluding carboxylic acids is 1. The van der Waals surface area contributed by atoms with E-state index < -0.39 is 0 Å². The molecule has 0 saturated heterocycles. The molecule has 2 aromatic rings. The minimum absolute atomic E-state index is 0. The number of halogens is 1. The molecule has 0 radical (unpaired) electrons. The van der Waals surface area contributed by atoms with Crippen LogP contribution >= 0.6 is 23.7 Å². The Bertz CT molecular complexity index is 542. The molecule has 3 nitrogen and oxygen atoms in total. The maximum Gasteiger partial charge on any atom is 0.229 e. The van der Waals surface area contributed by atoms with Crippen molar-refractivity contribution in [3.8, 4) is 0 Å². The Morgan fingerprint density at radius 3 is 2.55 bits per heavy atom. The Morgan fingerprint density at radius 2 is 2.00 bits per heavy atom. The standard InChI is InChI=1S/C15H18N2OS.ClH/c1-11-7-8-19-14(11)10-17-15(18)13(9-16)12-5-3-2-4-6-12;/h2-8,13H,9-10,16H2,1H3,(H,17,18);1H. The van der Waals surface area contributed by atoms with Gasteiger partial charge in [-0.1, -0.05) is 30.3 Å². The van der Waals surface area contributed by atoms with Crippen LogP contribution in [-0.2, 0) is 11.3 Å². The number of nitrogens with one attached hydrogen (secondary N) is 1.